The number of hydrogen-bond donors (Lipinski definition) is 1. The molecule has 1 N–H and O–H groups in total. The van der Waals surface area contributed by atoms with Gasteiger partial charge in [-0.25, -0.2) is 4.98 Å². The zero-order chi connectivity index (χ0) is 21.2. The second-order valence-corrected chi connectivity index (χ2v) is 8.88. The van der Waals surface area contributed by atoms with Gasteiger partial charge in [-0.1, -0.05) is 22.7 Å². The Balaban J connectivity index is 1.45. The third kappa shape index (κ3) is 4.09. The van der Waals surface area contributed by atoms with E-state index < -0.39 is 0 Å². The predicted octanol–water partition coefficient (Wildman–Crippen LogP) is 4.56. The summed E-state index contributed by atoms with van der Waals surface area (Å²) >= 11 is 2.67. The van der Waals surface area contributed by atoms with E-state index in [-0.39, 0.29) is 12.0 Å². The highest BCUT2D eigenvalue weighted by atomic mass is 32.1. The number of methoxy groups -OCH3 is 1. The number of nitrogens with zero attached hydrogens (tertiary/aromatic N) is 4. The fourth-order valence-corrected chi connectivity index (χ4v) is 5.09. The van der Waals surface area contributed by atoms with Crippen molar-refractivity contribution in [1.82, 2.24) is 19.7 Å². The molecule has 4 aromatic rings. The predicted molar refractivity (Wildman–Crippen MR) is 119 cm³/mol. The molecule has 1 fully saturated rings. The highest BCUT2D eigenvalue weighted by Gasteiger charge is 2.24. The number of aromatic nitrogens is 4. The van der Waals surface area contributed by atoms with Crippen LogP contribution < -0.4 is 10.1 Å². The summed E-state index contributed by atoms with van der Waals surface area (Å²) in [6, 6.07) is 11.3. The molecular formula is C21H19N5O3S2. The normalized spacial score (nSPS) is 15.8. The van der Waals surface area contributed by atoms with E-state index >= 15 is 0 Å². The number of benzene rings is 1. The first kappa shape index (κ1) is 19.9. The lowest BCUT2D eigenvalue weighted by atomic mass is 10.1. The molecule has 10 heteroatoms. The van der Waals surface area contributed by atoms with E-state index in [0.717, 1.165) is 35.8 Å². The summed E-state index contributed by atoms with van der Waals surface area (Å²) in [5.41, 5.74) is 1.44. The molecule has 1 saturated heterocycles. The van der Waals surface area contributed by atoms with Gasteiger partial charge in [-0.2, -0.15) is 0 Å². The number of carbonyl (C=O) groups is 1. The lowest BCUT2D eigenvalue weighted by Gasteiger charge is -2.04. The van der Waals surface area contributed by atoms with Crippen LogP contribution >= 0.6 is 22.7 Å². The Morgan fingerprint density at radius 2 is 2.00 bits per heavy atom. The smallest absolute Gasteiger partial charge is 0.269 e. The van der Waals surface area contributed by atoms with E-state index in [2.05, 4.69) is 15.5 Å². The zero-order valence-electron chi connectivity index (χ0n) is 16.6. The Hall–Kier alpha value is -3.08. The molecule has 1 aliphatic rings. The highest BCUT2D eigenvalue weighted by Crippen LogP contribution is 2.34. The van der Waals surface area contributed by atoms with Gasteiger partial charge in [0.1, 0.15) is 21.7 Å². The van der Waals surface area contributed by atoms with Crippen molar-refractivity contribution in [2.24, 2.45) is 0 Å². The van der Waals surface area contributed by atoms with Crippen LogP contribution in [-0.4, -0.2) is 39.4 Å². The van der Waals surface area contributed by atoms with Crippen LogP contribution in [0.3, 0.4) is 0 Å². The fourth-order valence-electron chi connectivity index (χ4n) is 3.32. The van der Waals surface area contributed by atoms with Crippen molar-refractivity contribution in [3.8, 4) is 22.1 Å². The molecule has 0 radical (unpaired) electrons. The van der Waals surface area contributed by atoms with Crippen molar-refractivity contribution in [2.75, 3.05) is 19.0 Å². The summed E-state index contributed by atoms with van der Waals surface area (Å²) in [5.74, 6) is 0.475. The Morgan fingerprint density at radius 3 is 2.71 bits per heavy atom. The second kappa shape index (κ2) is 8.58. The monoisotopic (exact) mass is 453 g/mol. The first-order chi connectivity index (χ1) is 15.2. The molecule has 0 unspecified atom stereocenters. The Morgan fingerprint density at radius 1 is 1.19 bits per heavy atom. The number of rotatable bonds is 6. The van der Waals surface area contributed by atoms with Gasteiger partial charge in [0.05, 0.1) is 12.8 Å². The first-order valence-corrected chi connectivity index (χ1v) is 11.4. The van der Waals surface area contributed by atoms with Crippen LogP contribution in [0.2, 0.25) is 0 Å². The molecule has 158 valence electrons. The van der Waals surface area contributed by atoms with Crippen LogP contribution in [0, 0.1) is 0 Å². The number of ether oxygens (including phenoxy) is 2. The molecule has 0 aliphatic carbocycles. The lowest BCUT2D eigenvalue weighted by Crippen LogP contribution is -2.11. The van der Waals surface area contributed by atoms with E-state index in [9.17, 15) is 4.79 Å². The largest absolute Gasteiger partial charge is 0.497 e. The lowest BCUT2D eigenvalue weighted by molar-refractivity contribution is 0.103. The molecule has 0 spiro atoms. The number of thiazole rings is 1. The van der Waals surface area contributed by atoms with Crippen LogP contribution in [0.5, 0.6) is 5.75 Å². The number of carbonyl (C=O) groups excluding carboxylic acids is 1. The van der Waals surface area contributed by atoms with Crippen molar-refractivity contribution in [2.45, 2.75) is 18.9 Å². The number of hydrogen-bond acceptors (Lipinski definition) is 8. The van der Waals surface area contributed by atoms with Gasteiger partial charge in [0.15, 0.2) is 5.13 Å². The third-order valence-electron chi connectivity index (χ3n) is 4.88. The summed E-state index contributed by atoms with van der Waals surface area (Å²) in [6.07, 6.45) is 5.72. The average Bonchev–Trinajstić information content (AvgIpc) is 3.59. The molecule has 5 rings (SSSR count). The summed E-state index contributed by atoms with van der Waals surface area (Å²) in [6.45, 7) is 0.736. The molecule has 3 aromatic heterocycles. The highest BCUT2D eigenvalue weighted by molar-refractivity contribution is 7.17. The van der Waals surface area contributed by atoms with Crippen molar-refractivity contribution in [3.63, 3.8) is 0 Å². The quantitative estimate of drug-likeness (QED) is 0.460. The Bertz CT molecular complexity index is 1180. The number of anilines is 1. The third-order valence-corrected chi connectivity index (χ3v) is 6.88. The molecule has 31 heavy (non-hydrogen) atoms. The number of nitrogens with one attached hydrogen (secondary N) is 1. The second-order valence-electron chi connectivity index (χ2n) is 6.89. The summed E-state index contributed by atoms with van der Waals surface area (Å²) in [7, 11) is 1.62. The molecule has 4 heterocycles. The fraction of sp³-hybridized carbons (Fsp3) is 0.238. The summed E-state index contributed by atoms with van der Waals surface area (Å²) < 4.78 is 12.8. The molecule has 1 atom stereocenters. The van der Waals surface area contributed by atoms with E-state index in [1.165, 1.54) is 22.7 Å². The van der Waals surface area contributed by atoms with Gasteiger partial charge in [-0.05, 0) is 49.2 Å². The van der Waals surface area contributed by atoms with Crippen molar-refractivity contribution >= 4 is 33.7 Å². The number of amides is 1. The van der Waals surface area contributed by atoms with Crippen LogP contribution in [0.25, 0.3) is 16.4 Å². The molecule has 0 bridgehead atoms. The average molecular weight is 454 g/mol. The van der Waals surface area contributed by atoms with Crippen molar-refractivity contribution in [3.05, 3.63) is 58.7 Å². The maximum absolute atomic E-state index is 13.2. The van der Waals surface area contributed by atoms with Gasteiger partial charge in [-0.3, -0.25) is 10.1 Å². The first-order valence-electron chi connectivity index (χ1n) is 9.76. The van der Waals surface area contributed by atoms with Crippen LogP contribution in [0.4, 0.5) is 5.13 Å². The van der Waals surface area contributed by atoms with E-state index in [0.29, 0.717) is 20.8 Å². The van der Waals surface area contributed by atoms with Gasteiger partial charge in [0.25, 0.3) is 5.91 Å². The van der Waals surface area contributed by atoms with E-state index in [1.54, 1.807) is 7.11 Å². The minimum absolute atomic E-state index is 0.0261. The van der Waals surface area contributed by atoms with Gasteiger partial charge in [-0.15, -0.1) is 10.2 Å². The topological polar surface area (TPSA) is 91.2 Å². The van der Waals surface area contributed by atoms with Crippen molar-refractivity contribution in [1.29, 1.82) is 0 Å². The van der Waals surface area contributed by atoms with Gasteiger partial charge < -0.3 is 14.0 Å². The maximum Gasteiger partial charge on any atom is 0.269 e. The molecular weight excluding hydrogens is 434 g/mol. The van der Waals surface area contributed by atoms with Gasteiger partial charge in [0.2, 0.25) is 5.13 Å². The Kier molecular flexibility index (Phi) is 5.49. The van der Waals surface area contributed by atoms with E-state index in [1.807, 2.05) is 53.4 Å². The van der Waals surface area contributed by atoms with Crippen LogP contribution in [-0.2, 0) is 4.74 Å². The molecule has 1 aromatic carbocycles. The van der Waals surface area contributed by atoms with Gasteiger partial charge in [0, 0.05) is 24.6 Å². The standard InChI is InChI=1S/C21H19N5O3S2/c1-28-14-8-6-13(7-9-14)16-17(30-21(22-16)26-10-2-3-11-26)18(27)23-20-25-24-19(31-20)15-5-4-12-29-15/h2-3,6-11,15H,4-5,12H2,1H3,(H,23,25,27)/t15-/m1/s1. The molecule has 8 nitrogen and oxygen atoms in total. The van der Waals surface area contributed by atoms with Crippen LogP contribution in [0.15, 0.2) is 48.8 Å². The van der Waals surface area contributed by atoms with Gasteiger partial charge >= 0.3 is 0 Å². The SMILES string of the molecule is COc1ccc(-c2nc(-n3cccc3)sc2C(=O)Nc2nnc([C@H]3CCCO3)s2)cc1. The van der Waals surface area contributed by atoms with Crippen LogP contribution in [0.1, 0.15) is 33.6 Å². The Labute approximate surface area is 186 Å². The minimum Gasteiger partial charge on any atom is -0.497 e. The minimum atomic E-state index is -0.267. The summed E-state index contributed by atoms with van der Waals surface area (Å²) in [5, 5.41) is 13.1. The molecule has 1 aliphatic heterocycles. The van der Waals surface area contributed by atoms with E-state index in [4.69, 9.17) is 14.5 Å². The van der Waals surface area contributed by atoms with Crippen molar-refractivity contribution < 1.29 is 14.3 Å². The summed E-state index contributed by atoms with van der Waals surface area (Å²) in [4.78, 5) is 18.4. The zero-order valence-corrected chi connectivity index (χ0v) is 18.3. The molecule has 1 amide bonds. The molecule has 0 saturated carbocycles. The maximum atomic E-state index is 13.2.